The van der Waals surface area contributed by atoms with Crippen molar-refractivity contribution in [2.24, 2.45) is 29.6 Å². The molecule has 0 saturated heterocycles. The smallest absolute Gasteiger partial charge is 0.329 e. The van der Waals surface area contributed by atoms with Crippen molar-refractivity contribution in [2.45, 2.75) is 57.7 Å². The minimum atomic E-state index is -0.941. The van der Waals surface area contributed by atoms with Crippen molar-refractivity contribution in [1.82, 2.24) is 0 Å². The van der Waals surface area contributed by atoms with E-state index in [0.717, 1.165) is 25.7 Å². The number of aliphatic carboxylic acids is 1. The number of fused-ring (bicyclic) bond motifs is 1. The zero-order valence-electron chi connectivity index (χ0n) is 15.6. The number of carboxylic acids is 1. The molecule has 0 aliphatic heterocycles. The van der Waals surface area contributed by atoms with E-state index >= 15 is 0 Å². The van der Waals surface area contributed by atoms with Crippen LogP contribution in [0.4, 0.5) is 0 Å². The number of hydrogen-bond acceptors (Lipinski definition) is 4. The van der Waals surface area contributed by atoms with E-state index in [9.17, 15) is 15.0 Å². The van der Waals surface area contributed by atoms with Crippen molar-refractivity contribution in [2.75, 3.05) is 13.2 Å². The summed E-state index contributed by atoms with van der Waals surface area (Å²) in [5.41, 5.74) is 1.31. The van der Waals surface area contributed by atoms with Crippen molar-refractivity contribution < 1.29 is 24.9 Å². The minimum absolute atomic E-state index is 0.0944. The van der Waals surface area contributed by atoms with Gasteiger partial charge >= 0.3 is 5.97 Å². The molecule has 146 valence electrons. The molecule has 5 nitrogen and oxygen atoms in total. The molecule has 0 aromatic carbocycles. The van der Waals surface area contributed by atoms with Crippen LogP contribution in [0, 0.1) is 29.6 Å². The van der Waals surface area contributed by atoms with Gasteiger partial charge in [-0.15, -0.1) is 0 Å². The SMILES string of the molecule is CC(COCC(=O)O)C1=CC2C[C@@H](O)[C@H](/C=C/C(O)C3CCCC3)C2C1. The van der Waals surface area contributed by atoms with Crippen LogP contribution in [0.3, 0.4) is 0 Å². The maximum atomic E-state index is 10.6. The first-order valence-electron chi connectivity index (χ1n) is 10.00. The molecule has 0 spiro atoms. The Balaban J connectivity index is 1.54. The lowest BCUT2D eigenvalue weighted by molar-refractivity contribution is -0.142. The highest BCUT2D eigenvalue weighted by Crippen LogP contribution is 2.48. The first-order chi connectivity index (χ1) is 12.5. The number of aliphatic hydroxyl groups is 2. The van der Waals surface area contributed by atoms with Gasteiger partial charge in [0.05, 0.1) is 18.8 Å². The third-order valence-corrected chi connectivity index (χ3v) is 6.54. The normalized spacial score (nSPS) is 34.2. The van der Waals surface area contributed by atoms with Crippen LogP contribution < -0.4 is 0 Å². The number of allylic oxidation sites excluding steroid dienone is 1. The molecule has 0 aromatic rings. The first kappa shape index (κ1) is 19.6. The average Bonchev–Trinajstić information content (AvgIpc) is 3.29. The summed E-state index contributed by atoms with van der Waals surface area (Å²) in [7, 11) is 0. The largest absolute Gasteiger partial charge is 0.480 e. The van der Waals surface area contributed by atoms with Crippen molar-refractivity contribution in [1.29, 1.82) is 0 Å². The summed E-state index contributed by atoms with van der Waals surface area (Å²) in [6.07, 6.45) is 11.8. The number of aliphatic hydroxyl groups excluding tert-OH is 2. The van der Waals surface area contributed by atoms with Crippen LogP contribution >= 0.6 is 0 Å². The average molecular weight is 364 g/mol. The van der Waals surface area contributed by atoms with Crippen molar-refractivity contribution in [3.63, 3.8) is 0 Å². The van der Waals surface area contributed by atoms with Crippen LogP contribution in [0.1, 0.15) is 45.4 Å². The molecular formula is C21H32O5. The minimum Gasteiger partial charge on any atom is -0.480 e. The van der Waals surface area contributed by atoms with E-state index in [4.69, 9.17) is 9.84 Å². The van der Waals surface area contributed by atoms with Crippen LogP contribution in [0.5, 0.6) is 0 Å². The van der Waals surface area contributed by atoms with Gasteiger partial charge in [0.2, 0.25) is 0 Å². The highest BCUT2D eigenvalue weighted by atomic mass is 16.5. The molecule has 2 fully saturated rings. The highest BCUT2D eigenvalue weighted by Gasteiger charge is 2.44. The molecule has 3 aliphatic rings. The van der Waals surface area contributed by atoms with Crippen LogP contribution in [0.15, 0.2) is 23.8 Å². The van der Waals surface area contributed by atoms with Gasteiger partial charge < -0.3 is 20.1 Å². The second-order valence-electron chi connectivity index (χ2n) is 8.38. The van der Waals surface area contributed by atoms with E-state index in [-0.39, 0.29) is 30.7 Å². The Hall–Kier alpha value is -1.17. The molecule has 6 atom stereocenters. The Bertz CT molecular complexity index is 549. The van der Waals surface area contributed by atoms with Crippen LogP contribution in [0.2, 0.25) is 0 Å². The number of hydrogen-bond donors (Lipinski definition) is 3. The van der Waals surface area contributed by atoms with Crippen molar-refractivity contribution in [3.05, 3.63) is 23.8 Å². The zero-order chi connectivity index (χ0) is 18.7. The van der Waals surface area contributed by atoms with Gasteiger partial charge in [-0.05, 0) is 43.4 Å². The summed E-state index contributed by atoms with van der Waals surface area (Å²) in [6.45, 7) is 2.23. The molecule has 0 amide bonds. The Morgan fingerprint density at radius 1 is 1.38 bits per heavy atom. The summed E-state index contributed by atoms with van der Waals surface area (Å²) in [6, 6.07) is 0. The summed E-state index contributed by atoms with van der Waals surface area (Å²) in [5.74, 6) is 0.491. The predicted molar refractivity (Wildman–Crippen MR) is 98.5 cm³/mol. The summed E-state index contributed by atoms with van der Waals surface area (Å²) >= 11 is 0. The fourth-order valence-electron chi connectivity index (χ4n) is 5.04. The lowest BCUT2D eigenvalue weighted by Gasteiger charge is -2.21. The van der Waals surface area contributed by atoms with Crippen LogP contribution in [-0.4, -0.2) is 46.7 Å². The van der Waals surface area contributed by atoms with Gasteiger partial charge in [-0.2, -0.15) is 0 Å². The standard InChI is InChI=1S/C21H32O5/c1-13(11-26-12-21(24)25)15-8-16-10-20(23)17(18(16)9-15)6-7-19(22)14-4-2-3-5-14/h6-8,13-14,16-20,22-23H,2-5,9-12H2,1H3,(H,24,25)/b7-6+/t13?,16?,17-,18?,19?,20-/m1/s1. The quantitative estimate of drug-likeness (QED) is 0.577. The van der Waals surface area contributed by atoms with Crippen molar-refractivity contribution >= 4 is 5.97 Å². The second kappa shape index (κ2) is 8.68. The molecular weight excluding hydrogens is 332 g/mol. The zero-order valence-corrected chi connectivity index (χ0v) is 15.6. The van der Waals surface area contributed by atoms with Gasteiger partial charge in [-0.3, -0.25) is 0 Å². The van der Waals surface area contributed by atoms with E-state index < -0.39 is 5.97 Å². The lowest BCUT2D eigenvalue weighted by atomic mass is 9.87. The third-order valence-electron chi connectivity index (χ3n) is 6.54. The number of carboxylic acid groups (broad SMARTS) is 1. The lowest BCUT2D eigenvalue weighted by Crippen LogP contribution is -2.20. The molecule has 0 aromatic heterocycles. The van der Waals surface area contributed by atoms with Gasteiger partial charge in [0.25, 0.3) is 0 Å². The number of rotatable bonds is 8. The molecule has 3 N–H and O–H groups in total. The van der Waals surface area contributed by atoms with Crippen molar-refractivity contribution in [3.8, 4) is 0 Å². The van der Waals surface area contributed by atoms with Gasteiger partial charge in [-0.25, -0.2) is 4.79 Å². The maximum absolute atomic E-state index is 10.6. The molecule has 5 heteroatoms. The second-order valence-corrected chi connectivity index (χ2v) is 8.38. The Morgan fingerprint density at radius 3 is 2.81 bits per heavy atom. The Morgan fingerprint density at radius 2 is 2.12 bits per heavy atom. The molecule has 0 heterocycles. The van der Waals surface area contributed by atoms with Gasteiger partial charge in [0.1, 0.15) is 6.61 Å². The molecule has 3 aliphatic carbocycles. The van der Waals surface area contributed by atoms with E-state index in [1.807, 2.05) is 6.08 Å². The predicted octanol–water partition coefficient (Wildman–Crippen LogP) is 2.77. The number of ether oxygens (including phenoxy) is 1. The number of carbonyl (C=O) groups is 1. The van der Waals surface area contributed by atoms with Crippen LogP contribution in [0.25, 0.3) is 0 Å². The first-order valence-corrected chi connectivity index (χ1v) is 10.00. The summed E-state index contributed by atoms with van der Waals surface area (Å²) in [5, 5.41) is 29.5. The van der Waals surface area contributed by atoms with E-state index in [2.05, 4.69) is 19.1 Å². The van der Waals surface area contributed by atoms with E-state index in [1.165, 1.54) is 18.4 Å². The fourth-order valence-corrected chi connectivity index (χ4v) is 5.04. The van der Waals surface area contributed by atoms with Gasteiger partial charge in [0, 0.05) is 11.8 Å². The molecule has 0 bridgehead atoms. The van der Waals surface area contributed by atoms with E-state index in [0.29, 0.717) is 24.4 Å². The van der Waals surface area contributed by atoms with E-state index in [1.54, 1.807) is 0 Å². The molecule has 3 rings (SSSR count). The molecule has 26 heavy (non-hydrogen) atoms. The molecule has 2 saturated carbocycles. The summed E-state index contributed by atoms with van der Waals surface area (Å²) in [4.78, 5) is 10.6. The monoisotopic (exact) mass is 364 g/mol. The highest BCUT2D eigenvalue weighted by molar-refractivity contribution is 5.67. The van der Waals surface area contributed by atoms with Gasteiger partial charge in [-0.1, -0.05) is 43.6 Å². The Labute approximate surface area is 155 Å². The molecule has 4 unspecified atom stereocenters. The maximum Gasteiger partial charge on any atom is 0.329 e. The molecule has 0 radical (unpaired) electrons. The van der Waals surface area contributed by atoms with Crippen LogP contribution in [-0.2, 0) is 9.53 Å². The Kier molecular flexibility index (Phi) is 6.54. The summed E-state index contributed by atoms with van der Waals surface area (Å²) < 4.78 is 5.24. The van der Waals surface area contributed by atoms with Gasteiger partial charge in [0.15, 0.2) is 0 Å². The third kappa shape index (κ3) is 4.56. The topological polar surface area (TPSA) is 87.0 Å². The fraction of sp³-hybridized carbons (Fsp3) is 0.762.